The van der Waals surface area contributed by atoms with Crippen molar-refractivity contribution in [1.82, 2.24) is 5.32 Å². The van der Waals surface area contributed by atoms with E-state index < -0.39 is 0 Å². The third kappa shape index (κ3) is 1.16. The van der Waals surface area contributed by atoms with Crippen LogP contribution in [-0.2, 0) is 0 Å². The van der Waals surface area contributed by atoms with Crippen molar-refractivity contribution in [3.63, 3.8) is 0 Å². The number of nitrogens with one attached hydrogen (secondary N) is 1. The second-order valence-electron chi connectivity index (χ2n) is 2.20. The van der Waals surface area contributed by atoms with E-state index in [1.807, 2.05) is 6.20 Å². The first-order chi connectivity index (χ1) is 3.79. The molecule has 1 N–H and O–H groups in total. The lowest BCUT2D eigenvalue weighted by atomic mass is 9.93. The predicted molar refractivity (Wildman–Crippen MR) is 38.4 cm³/mol. The van der Waals surface area contributed by atoms with Gasteiger partial charge in [-0.1, -0.05) is 11.6 Å². The Hall–Kier alpha value is -0.655. The van der Waals surface area contributed by atoms with Crippen LogP contribution in [0.4, 0.5) is 0 Å². The molecule has 0 aliphatic carbocycles. The molecule has 0 spiro atoms. The lowest BCUT2D eigenvalue weighted by molar-refractivity contribution is 0.889. The van der Waals surface area contributed by atoms with Crippen molar-refractivity contribution < 1.29 is 0 Å². The zero-order valence-electron chi connectivity index (χ0n) is 5.31. The summed E-state index contributed by atoms with van der Waals surface area (Å²) in [6, 6.07) is 0. The Balaban J connectivity index is 2.63. The molecule has 0 aromatic carbocycles. The molecule has 0 bridgehead atoms. The van der Waals surface area contributed by atoms with Crippen molar-refractivity contribution in [2.45, 2.75) is 12.9 Å². The SMILES string of the molecule is BC1C=C(C)C=CN1. The van der Waals surface area contributed by atoms with Crippen molar-refractivity contribution in [3.05, 3.63) is 23.9 Å². The lowest BCUT2D eigenvalue weighted by Gasteiger charge is -2.11. The minimum atomic E-state index is 0.514. The van der Waals surface area contributed by atoms with Crippen molar-refractivity contribution in [1.29, 1.82) is 0 Å². The van der Waals surface area contributed by atoms with Crippen molar-refractivity contribution in [2.75, 3.05) is 0 Å². The van der Waals surface area contributed by atoms with Crippen LogP contribution in [0.2, 0.25) is 0 Å². The van der Waals surface area contributed by atoms with Gasteiger partial charge < -0.3 is 5.32 Å². The molecule has 1 nitrogen and oxygen atoms in total. The van der Waals surface area contributed by atoms with Crippen LogP contribution >= 0.6 is 0 Å². The Labute approximate surface area is 50.9 Å². The van der Waals surface area contributed by atoms with E-state index in [4.69, 9.17) is 0 Å². The molecule has 0 radical (unpaired) electrons. The summed E-state index contributed by atoms with van der Waals surface area (Å²) in [7, 11) is 2.13. The Morgan fingerprint density at radius 1 is 1.75 bits per heavy atom. The summed E-state index contributed by atoms with van der Waals surface area (Å²) in [4.78, 5) is 0. The van der Waals surface area contributed by atoms with E-state index in [-0.39, 0.29) is 0 Å². The molecule has 1 aliphatic rings. The maximum atomic E-state index is 3.16. The molecule has 0 saturated heterocycles. The number of allylic oxidation sites excluding steroid dienone is 2. The Bertz CT molecular complexity index is 137. The molecule has 8 heavy (non-hydrogen) atoms. The molecule has 0 aromatic heterocycles. The van der Waals surface area contributed by atoms with Crippen LogP contribution in [0.25, 0.3) is 0 Å². The first-order valence-corrected chi connectivity index (χ1v) is 2.90. The minimum Gasteiger partial charge on any atom is -0.392 e. The Kier molecular flexibility index (Phi) is 1.42. The third-order valence-electron chi connectivity index (χ3n) is 1.22. The van der Waals surface area contributed by atoms with E-state index in [2.05, 4.69) is 32.2 Å². The standard InChI is InChI=1S/C6H10BN/c1-5-2-3-8-6(7)4-5/h2-4,6,8H,7H2,1H3. The topological polar surface area (TPSA) is 12.0 Å². The van der Waals surface area contributed by atoms with Crippen LogP contribution in [0.5, 0.6) is 0 Å². The van der Waals surface area contributed by atoms with Crippen LogP contribution in [0.15, 0.2) is 23.9 Å². The Morgan fingerprint density at radius 2 is 2.50 bits per heavy atom. The molecule has 1 atom stereocenters. The van der Waals surface area contributed by atoms with Gasteiger partial charge in [0.25, 0.3) is 0 Å². The van der Waals surface area contributed by atoms with E-state index in [9.17, 15) is 0 Å². The second-order valence-corrected chi connectivity index (χ2v) is 2.20. The highest BCUT2D eigenvalue weighted by Crippen LogP contribution is 1.99. The van der Waals surface area contributed by atoms with Gasteiger partial charge in [-0.15, -0.1) is 0 Å². The first-order valence-electron chi connectivity index (χ1n) is 2.90. The molecule has 42 valence electrons. The molecule has 0 aromatic rings. The summed E-state index contributed by atoms with van der Waals surface area (Å²) in [6.45, 7) is 2.10. The second kappa shape index (κ2) is 2.08. The quantitative estimate of drug-likeness (QED) is 0.430. The van der Waals surface area contributed by atoms with Crippen LogP contribution in [0.1, 0.15) is 6.92 Å². The highest BCUT2D eigenvalue weighted by Gasteiger charge is 1.96. The van der Waals surface area contributed by atoms with Crippen LogP contribution in [0, 0.1) is 0 Å². The van der Waals surface area contributed by atoms with Gasteiger partial charge in [0.1, 0.15) is 7.85 Å². The summed E-state index contributed by atoms with van der Waals surface area (Å²) < 4.78 is 0. The molecule has 1 rings (SSSR count). The first kappa shape index (κ1) is 5.48. The average Bonchev–Trinajstić information content (AvgIpc) is 1.64. The summed E-state index contributed by atoms with van der Waals surface area (Å²) in [5.41, 5.74) is 1.34. The normalized spacial score (nSPS) is 26.6. The summed E-state index contributed by atoms with van der Waals surface area (Å²) in [6.07, 6.45) is 6.25. The van der Waals surface area contributed by atoms with Crippen molar-refractivity contribution >= 4 is 7.85 Å². The minimum absolute atomic E-state index is 0.514. The van der Waals surface area contributed by atoms with Gasteiger partial charge in [0.15, 0.2) is 0 Å². The fourth-order valence-electron chi connectivity index (χ4n) is 0.829. The van der Waals surface area contributed by atoms with E-state index >= 15 is 0 Å². The summed E-state index contributed by atoms with van der Waals surface area (Å²) >= 11 is 0. The van der Waals surface area contributed by atoms with Gasteiger partial charge in [0.2, 0.25) is 0 Å². The monoisotopic (exact) mass is 107 g/mol. The fraction of sp³-hybridized carbons (Fsp3) is 0.333. The number of dihydropyridines is 1. The maximum absolute atomic E-state index is 3.16. The molecule has 1 aliphatic heterocycles. The predicted octanol–water partition coefficient (Wildman–Crippen LogP) is 0.00880. The third-order valence-corrected chi connectivity index (χ3v) is 1.22. The van der Waals surface area contributed by atoms with Gasteiger partial charge in [-0.25, -0.2) is 0 Å². The average molecular weight is 107 g/mol. The zero-order chi connectivity index (χ0) is 5.98. The number of hydrogen-bond acceptors (Lipinski definition) is 1. The van der Waals surface area contributed by atoms with E-state index in [0.29, 0.717) is 5.94 Å². The highest BCUT2D eigenvalue weighted by atomic mass is 14.9. The zero-order valence-corrected chi connectivity index (χ0v) is 5.31. The van der Waals surface area contributed by atoms with E-state index in [0.717, 1.165) is 0 Å². The van der Waals surface area contributed by atoms with Gasteiger partial charge >= 0.3 is 0 Å². The smallest absolute Gasteiger partial charge is 0.135 e. The van der Waals surface area contributed by atoms with Gasteiger partial charge in [0.05, 0.1) is 0 Å². The number of hydrogen-bond donors (Lipinski definition) is 1. The summed E-state index contributed by atoms with van der Waals surface area (Å²) in [5.74, 6) is 0.514. The molecule has 1 unspecified atom stereocenters. The van der Waals surface area contributed by atoms with Gasteiger partial charge in [-0.05, 0) is 19.2 Å². The van der Waals surface area contributed by atoms with Crippen LogP contribution in [0.3, 0.4) is 0 Å². The van der Waals surface area contributed by atoms with Gasteiger partial charge in [-0.2, -0.15) is 0 Å². The van der Waals surface area contributed by atoms with Gasteiger partial charge in [0, 0.05) is 5.94 Å². The van der Waals surface area contributed by atoms with Gasteiger partial charge in [-0.3, -0.25) is 0 Å². The maximum Gasteiger partial charge on any atom is 0.135 e. The molecule has 0 amide bonds. The van der Waals surface area contributed by atoms with Crippen LogP contribution in [-0.4, -0.2) is 13.8 Å². The molecule has 0 saturated carbocycles. The van der Waals surface area contributed by atoms with E-state index in [1.165, 1.54) is 5.57 Å². The Morgan fingerprint density at radius 3 is 2.88 bits per heavy atom. The van der Waals surface area contributed by atoms with Crippen LogP contribution < -0.4 is 5.32 Å². The molecular weight excluding hydrogens is 96.9 g/mol. The van der Waals surface area contributed by atoms with Crippen molar-refractivity contribution in [3.8, 4) is 0 Å². The largest absolute Gasteiger partial charge is 0.392 e. The molecule has 1 heterocycles. The lowest BCUT2D eigenvalue weighted by Crippen LogP contribution is -2.24. The molecule has 2 heteroatoms. The molecular formula is C6H10BN. The van der Waals surface area contributed by atoms with E-state index in [1.54, 1.807) is 0 Å². The summed E-state index contributed by atoms with van der Waals surface area (Å²) in [5, 5.41) is 3.16. The number of rotatable bonds is 0. The molecule has 0 fully saturated rings. The van der Waals surface area contributed by atoms with Crippen molar-refractivity contribution in [2.24, 2.45) is 0 Å². The highest BCUT2D eigenvalue weighted by molar-refractivity contribution is 6.13. The fourth-order valence-corrected chi connectivity index (χ4v) is 0.829.